The zero-order chi connectivity index (χ0) is 13.8. The Labute approximate surface area is 124 Å². The highest BCUT2D eigenvalue weighted by molar-refractivity contribution is 7.79. The van der Waals surface area contributed by atoms with Crippen molar-refractivity contribution in [2.24, 2.45) is 0 Å². The standard InChI is InChI=1S/C18H16OS/c20-13-15-7-5-14(6-8-15)12-19-18-10-9-16-3-1-2-4-17(16)11-18/h1-11,20H,12-13H2. The van der Waals surface area contributed by atoms with Gasteiger partial charge in [0, 0.05) is 5.75 Å². The van der Waals surface area contributed by atoms with E-state index >= 15 is 0 Å². The fraction of sp³-hybridized carbons (Fsp3) is 0.111. The number of rotatable bonds is 4. The van der Waals surface area contributed by atoms with Gasteiger partial charge < -0.3 is 4.74 Å². The van der Waals surface area contributed by atoms with Gasteiger partial charge in [0.15, 0.2) is 0 Å². The highest BCUT2D eigenvalue weighted by Gasteiger charge is 1.99. The molecule has 0 saturated carbocycles. The minimum atomic E-state index is 0.588. The van der Waals surface area contributed by atoms with Gasteiger partial charge in [0.05, 0.1) is 0 Å². The zero-order valence-corrected chi connectivity index (χ0v) is 12.0. The summed E-state index contributed by atoms with van der Waals surface area (Å²) >= 11 is 4.26. The van der Waals surface area contributed by atoms with E-state index in [4.69, 9.17) is 4.74 Å². The van der Waals surface area contributed by atoms with Crippen molar-refractivity contribution in [2.75, 3.05) is 0 Å². The van der Waals surface area contributed by atoms with Gasteiger partial charge in [-0.05, 0) is 34.0 Å². The minimum Gasteiger partial charge on any atom is -0.489 e. The summed E-state index contributed by atoms with van der Waals surface area (Å²) in [5, 5.41) is 2.44. The number of hydrogen-bond acceptors (Lipinski definition) is 2. The molecule has 0 radical (unpaired) electrons. The maximum absolute atomic E-state index is 5.85. The summed E-state index contributed by atoms with van der Waals surface area (Å²) in [4.78, 5) is 0. The van der Waals surface area contributed by atoms with Crippen molar-refractivity contribution in [1.82, 2.24) is 0 Å². The van der Waals surface area contributed by atoms with E-state index in [1.54, 1.807) is 0 Å². The van der Waals surface area contributed by atoms with E-state index in [1.165, 1.54) is 21.9 Å². The largest absolute Gasteiger partial charge is 0.489 e. The van der Waals surface area contributed by atoms with Crippen LogP contribution in [0.2, 0.25) is 0 Å². The van der Waals surface area contributed by atoms with Crippen LogP contribution < -0.4 is 4.74 Å². The second kappa shape index (κ2) is 6.02. The number of ether oxygens (including phenoxy) is 1. The van der Waals surface area contributed by atoms with Crippen LogP contribution >= 0.6 is 12.6 Å². The fourth-order valence-electron chi connectivity index (χ4n) is 2.16. The first-order valence-corrected chi connectivity index (χ1v) is 7.29. The predicted molar refractivity (Wildman–Crippen MR) is 87.4 cm³/mol. The summed E-state index contributed by atoms with van der Waals surface area (Å²) in [5.74, 6) is 1.67. The highest BCUT2D eigenvalue weighted by atomic mass is 32.1. The molecule has 0 N–H and O–H groups in total. The molecule has 0 aromatic heterocycles. The molecule has 0 bridgehead atoms. The second-order valence-corrected chi connectivity index (χ2v) is 5.09. The first kappa shape index (κ1) is 13.1. The van der Waals surface area contributed by atoms with Crippen molar-refractivity contribution in [2.45, 2.75) is 12.4 Å². The Balaban J connectivity index is 1.72. The molecule has 0 unspecified atom stereocenters. The van der Waals surface area contributed by atoms with Crippen LogP contribution in [0.25, 0.3) is 10.8 Å². The van der Waals surface area contributed by atoms with Gasteiger partial charge in [-0.2, -0.15) is 12.6 Å². The van der Waals surface area contributed by atoms with Crippen molar-refractivity contribution in [3.63, 3.8) is 0 Å². The summed E-state index contributed by atoms with van der Waals surface area (Å²) in [6.45, 7) is 0.588. The molecular weight excluding hydrogens is 264 g/mol. The quantitative estimate of drug-likeness (QED) is 0.672. The van der Waals surface area contributed by atoms with E-state index in [2.05, 4.69) is 61.2 Å². The van der Waals surface area contributed by atoms with E-state index in [0.717, 1.165) is 11.5 Å². The van der Waals surface area contributed by atoms with Gasteiger partial charge in [-0.25, -0.2) is 0 Å². The molecule has 0 heterocycles. The molecule has 3 aromatic rings. The summed E-state index contributed by atoms with van der Waals surface area (Å²) in [5.41, 5.74) is 2.39. The molecule has 2 heteroatoms. The molecule has 3 aromatic carbocycles. The first-order chi connectivity index (χ1) is 9.85. The van der Waals surface area contributed by atoms with Gasteiger partial charge in [-0.1, -0.05) is 54.6 Å². The fourth-order valence-corrected chi connectivity index (χ4v) is 2.38. The molecule has 0 saturated heterocycles. The van der Waals surface area contributed by atoms with E-state index < -0.39 is 0 Å². The molecule has 0 aliphatic heterocycles. The highest BCUT2D eigenvalue weighted by Crippen LogP contribution is 2.21. The van der Waals surface area contributed by atoms with Crippen molar-refractivity contribution in [3.8, 4) is 5.75 Å². The van der Waals surface area contributed by atoms with E-state index in [1.807, 2.05) is 18.2 Å². The lowest BCUT2D eigenvalue weighted by atomic mass is 10.1. The third-order valence-corrected chi connectivity index (χ3v) is 3.70. The van der Waals surface area contributed by atoms with Crippen LogP contribution in [0, 0.1) is 0 Å². The molecule has 0 fully saturated rings. The van der Waals surface area contributed by atoms with Crippen molar-refractivity contribution in [1.29, 1.82) is 0 Å². The molecule has 0 amide bonds. The van der Waals surface area contributed by atoms with Gasteiger partial charge in [0.25, 0.3) is 0 Å². The van der Waals surface area contributed by atoms with Gasteiger partial charge in [-0.3, -0.25) is 0 Å². The van der Waals surface area contributed by atoms with Crippen molar-refractivity contribution in [3.05, 3.63) is 77.9 Å². The predicted octanol–water partition coefficient (Wildman–Crippen LogP) is 4.85. The summed E-state index contributed by atoms with van der Waals surface area (Å²) in [7, 11) is 0. The lowest BCUT2D eigenvalue weighted by molar-refractivity contribution is 0.306. The molecule has 0 aliphatic rings. The number of hydrogen-bond donors (Lipinski definition) is 1. The average molecular weight is 280 g/mol. The number of fused-ring (bicyclic) bond motifs is 1. The first-order valence-electron chi connectivity index (χ1n) is 6.65. The van der Waals surface area contributed by atoms with Crippen molar-refractivity contribution >= 4 is 23.4 Å². The zero-order valence-electron chi connectivity index (χ0n) is 11.1. The molecule has 3 rings (SSSR count). The molecule has 0 aliphatic carbocycles. The van der Waals surface area contributed by atoms with Crippen LogP contribution in [0.15, 0.2) is 66.7 Å². The van der Waals surface area contributed by atoms with Crippen LogP contribution in [-0.4, -0.2) is 0 Å². The van der Waals surface area contributed by atoms with E-state index in [-0.39, 0.29) is 0 Å². The molecule has 0 atom stereocenters. The maximum Gasteiger partial charge on any atom is 0.120 e. The SMILES string of the molecule is SCc1ccc(COc2ccc3ccccc3c2)cc1. The molecule has 20 heavy (non-hydrogen) atoms. The van der Waals surface area contributed by atoms with E-state index in [9.17, 15) is 0 Å². The monoisotopic (exact) mass is 280 g/mol. The Morgan fingerprint density at radius 3 is 2.20 bits per heavy atom. The average Bonchev–Trinajstić information content (AvgIpc) is 2.53. The van der Waals surface area contributed by atoms with Crippen LogP contribution in [0.5, 0.6) is 5.75 Å². The third kappa shape index (κ3) is 2.97. The number of benzene rings is 3. The summed E-state index contributed by atoms with van der Waals surface area (Å²) < 4.78 is 5.85. The Bertz CT molecular complexity index is 704. The van der Waals surface area contributed by atoms with Gasteiger partial charge in [0.2, 0.25) is 0 Å². The Hall–Kier alpha value is -1.93. The molecule has 1 nitrogen and oxygen atoms in total. The lowest BCUT2D eigenvalue weighted by Gasteiger charge is -2.08. The topological polar surface area (TPSA) is 9.23 Å². The summed E-state index contributed by atoms with van der Waals surface area (Å²) in [6, 6.07) is 22.8. The second-order valence-electron chi connectivity index (χ2n) is 4.77. The van der Waals surface area contributed by atoms with Crippen LogP contribution in [0.1, 0.15) is 11.1 Å². The Kier molecular flexibility index (Phi) is 3.93. The minimum absolute atomic E-state index is 0.588. The van der Waals surface area contributed by atoms with Crippen LogP contribution in [0.4, 0.5) is 0 Å². The number of thiol groups is 1. The van der Waals surface area contributed by atoms with Gasteiger partial charge in [-0.15, -0.1) is 0 Å². The van der Waals surface area contributed by atoms with Gasteiger partial charge >= 0.3 is 0 Å². The Morgan fingerprint density at radius 1 is 0.750 bits per heavy atom. The summed E-state index contributed by atoms with van der Waals surface area (Å²) in [6.07, 6.45) is 0. The van der Waals surface area contributed by atoms with Gasteiger partial charge in [0.1, 0.15) is 12.4 Å². The van der Waals surface area contributed by atoms with Crippen molar-refractivity contribution < 1.29 is 4.74 Å². The smallest absolute Gasteiger partial charge is 0.120 e. The molecule has 100 valence electrons. The maximum atomic E-state index is 5.85. The van der Waals surface area contributed by atoms with Crippen LogP contribution in [0.3, 0.4) is 0 Å². The van der Waals surface area contributed by atoms with Crippen LogP contribution in [-0.2, 0) is 12.4 Å². The Morgan fingerprint density at radius 2 is 1.45 bits per heavy atom. The van der Waals surface area contributed by atoms with E-state index in [0.29, 0.717) is 6.61 Å². The third-order valence-electron chi connectivity index (χ3n) is 3.33. The lowest BCUT2D eigenvalue weighted by Crippen LogP contribution is -1.95. The normalized spacial score (nSPS) is 10.7. The molecular formula is C18H16OS. The molecule has 0 spiro atoms.